The Morgan fingerprint density at radius 3 is 1.65 bits per heavy atom. The second kappa shape index (κ2) is 12.3. The van der Waals surface area contributed by atoms with Crippen LogP contribution in [0.25, 0.3) is 117 Å². The zero-order valence-corrected chi connectivity index (χ0v) is 30.4. The molecule has 0 unspecified atom stereocenters. The summed E-state index contributed by atoms with van der Waals surface area (Å²) in [5.41, 5.74) is 11.3. The molecule has 0 saturated heterocycles. The first-order valence-electron chi connectivity index (χ1n) is 19.0. The molecule has 0 aliphatic rings. The van der Waals surface area contributed by atoms with Crippen LogP contribution in [0.1, 0.15) is 0 Å². The quantitative estimate of drug-likeness (QED) is 0.176. The first kappa shape index (κ1) is 31.5. The van der Waals surface area contributed by atoms with Gasteiger partial charge in [0.1, 0.15) is 22.3 Å². The van der Waals surface area contributed by atoms with Crippen molar-refractivity contribution in [3.05, 3.63) is 182 Å². The van der Waals surface area contributed by atoms with Gasteiger partial charge < -0.3 is 13.4 Å². The van der Waals surface area contributed by atoms with E-state index in [0.29, 0.717) is 17.5 Å². The van der Waals surface area contributed by atoms with Crippen molar-refractivity contribution in [1.82, 2.24) is 19.5 Å². The van der Waals surface area contributed by atoms with Crippen LogP contribution in [-0.4, -0.2) is 19.5 Å². The number of benzene rings is 8. The third-order valence-corrected chi connectivity index (χ3v) is 11.1. The Kier molecular flexibility index (Phi) is 6.83. The smallest absolute Gasteiger partial charge is 0.167 e. The Bertz CT molecular complexity index is 3530. The second-order valence-electron chi connectivity index (χ2n) is 14.3. The topological polar surface area (TPSA) is 69.9 Å². The minimum absolute atomic E-state index is 0.523. The van der Waals surface area contributed by atoms with Gasteiger partial charge in [-0.05, 0) is 65.7 Å². The van der Waals surface area contributed by atoms with Crippen molar-refractivity contribution in [2.24, 2.45) is 0 Å². The summed E-state index contributed by atoms with van der Waals surface area (Å²) in [5, 5.41) is 6.50. The number of nitrogens with zero attached hydrogens (tertiary/aromatic N) is 4. The molecule has 4 aromatic heterocycles. The van der Waals surface area contributed by atoms with Crippen LogP contribution < -0.4 is 0 Å². The molecule has 0 radical (unpaired) electrons. The van der Waals surface area contributed by atoms with Crippen LogP contribution in [0.2, 0.25) is 0 Å². The minimum atomic E-state index is 0.523. The molecule has 0 aliphatic heterocycles. The highest BCUT2D eigenvalue weighted by Crippen LogP contribution is 2.42. The third kappa shape index (κ3) is 4.87. The fourth-order valence-corrected chi connectivity index (χ4v) is 8.51. The number of aromatic nitrogens is 4. The molecule has 266 valence electrons. The maximum Gasteiger partial charge on any atom is 0.167 e. The van der Waals surface area contributed by atoms with Gasteiger partial charge in [-0.15, -0.1) is 0 Å². The van der Waals surface area contributed by atoms with Gasteiger partial charge in [0.05, 0.1) is 22.2 Å². The maximum absolute atomic E-state index is 6.85. The molecule has 57 heavy (non-hydrogen) atoms. The Hall–Kier alpha value is -7.83. The van der Waals surface area contributed by atoms with Crippen molar-refractivity contribution in [2.45, 2.75) is 0 Å². The second-order valence-corrected chi connectivity index (χ2v) is 14.3. The molecule has 0 saturated carbocycles. The molecular formula is C51H30N4O2. The molecule has 0 spiro atoms. The standard InChI is InChI=1S/C51H30N4O2/c1-3-14-31(15-4-1)49-52-50(40-23-11-21-37-35-18-8-10-27-44(35)56-47(37)40)54-51(53-49)41-24-12-22-38-36-29-28-32(30-45(36)57-48(38)41)34-20-13-26-43-46(34)39-19-7-9-25-42(39)55(43)33-16-5-2-6-17-33/h1-30H. The van der Waals surface area contributed by atoms with Crippen molar-refractivity contribution in [3.8, 4) is 51.0 Å². The van der Waals surface area contributed by atoms with Gasteiger partial charge >= 0.3 is 0 Å². The van der Waals surface area contributed by atoms with Crippen LogP contribution in [0, 0.1) is 0 Å². The highest BCUT2D eigenvalue weighted by atomic mass is 16.3. The SMILES string of the molecule is c1ccc(-c2nc(-c3cccc4c3oc3ccccc34)nc(-c3cccc4c3oc3cc(-c5cccc6c5c5ccccc5n6-c5ccccc5)ccc34)n2)cc1. The van der Waals surface area contributed by atoms with Crippen LogP contribution in [0.5, 0.6) is 0 Å². The molecule has 0 amide bonds. The van der Waals surface area contributed by atoms with Gasteiger partial charge in [0, 0.05) is 43.6 Å². The van der Waals surface area contributed by atoms with E-state index in [1.165, 1.54) is 16.3 Å². The van der Waals surface area contributed by atoms with E-state index in [4.69, 9.17) is 23.8 Å². The van der Waals surface area contributed by atoms with E-state index in [9.17, 15) is 0 Å². The molecule has 6 heteroatoms. The predicted octanol–water partition coefficient (Wildman–Crippen LogP) is 13.4. The fourth-order valence-electron chi connectivity index (χ4n) is 8.51. The number of rotatable bonds is 5. The van der Waals surface area contributed by atoms with Crippen LogP contribution in [0.15, 0.2) is 191 Å². The van der Waals surface area contributed by atoms with E-state index in [1.54, 1.807) is 0 Å². The lowest BCUT2D eigenvalue weighted by atomic mass is 9.98. The first-order valence-corrected chi connectivity index (χ1v) is 19.0. The van der Waals surface area contributed by atoms with Gasteiger partial charge in [0.2, 0.25) is 0 Å². The zero-order chi connectivity index (χ0) is 37.5. The molecule has 0 fully saturated rings. The summed E-state index contributed by atoms with van der Waals surface area (Å²) < 4.78 is 15.6. The molecule has 6 nitrogen and oxygen atoms in total. The van der Waals surface area contributed by atoms with Gasteiger partial charge in [-0.1, -0.05) is 127 Å². The minimum Gasteiger partial charge on any atom is -0.455 e. The molecule has 12 rings (SSSR count). The maximum atomic E-state index is 6.85. The lowest BCUT2D eigenvalue weighted by Gasteiger charge is -2.09. The first-order chi connectivity index (χ1) is 28.3. The van der Waals surface area contributed by atoms with E-state index >= 15 is 0 Å². The lowest BCUT2D eigenvalue weighted by molar-refractivity contribution is 0.669. The van der Waals surface area contributed by atoms with E-state index in [2.05, 4.69) is 114 Å². The molecule has 4 heterocycles. The summed E-state index contributed by atoms with van der Waals surface area (Å²) in [6.45, 7) is 0. The molecule has 0 N–H and O–H groups in total. The monoisotopic (exact) mass is 730 g/mol. The van der Waals surface area contributed by atoms with Crippen LogP contribution >= 0.6 is 0 Å². The van der Waals surface area contributed by atoms with Gasteiger partial charge in [0.15, 0.2) is 17.5 Å². The summed E-state index contributed by atoms with van der Waals surface area (Å²) in [6.07, 6.45) is 0. The van der Waals surface area contributed by atoms with E-state index < -0.39 is 0 Å². The highest BCUT2D eigenvalue weighted by molar-refractivity contribution is 6.17. The molecule has 0 atom stereocenters. The Balaban J connectivity index is 1.05. The number of hydrogen-bond acceptors (Lipinski definition) is 5. The van der Waals surface area contributed by atoms with E-state index in [0.717, 1.165) is 82.9 Å². The van der Waals surface area contributed by atoms with E-state index in [-0.39, 0.29) is 0 Å². The van der Waals surface area contributed by atoms with Crippen molar-refractivity contribution in [3.63, 3.8) is 0 Å². The molecule has 8 aromatic carbocycles. The Labute approximate surface area is 325 Å². The number of fused-ring (bicyclic) bond motifs is 9. The highest BCUT2D eigenvalue weighted by Gasteiger charge is 2.21. The largest absolute Gasteiger partial charge is 0.455 e. The van der Waals surface area contributed by atoms with Gasteiger partial charge in [-0.3, -0.25) is 0 Å². The average Bonchev–Trinajstić information content (AvgIpc) is 3.96. The van der Waals surface area contributed by atoms with Crippen molar-refractivity contribution in [2.75, 3.05) is 0 Å². The Morgan fingerprint density at radius 2 is 0.895 bits per heavy atom. The fraction of sp³-hybridized carbons (Fsp3) is 0. The van der Waals surface area contributed by atoms with E-state index in [1.807, 2.05) is 72.8 Å². The number of hydrogen-bond donors (Lipinski definition) is 0. The summed E-state index contributed by atoms with van der Waals surface area (Å²) in [6, 6.07) is 62.7. The van der Waals surface area contributed by atoms with Gasteiger partial charge in [-0.2, -0.15) is 0 Å². The summed E-state index contributed by atoms with van der Waals surface area (Å²) >= 11 is 0. The molecular weight excluding hydrogens is 701 g/mol. The van der Waals surface area contributed by atoms with Crippen molar-refractivity contribution >= 4 is 65.7 Å². The Morgan fingerprint density at radius 1 is 0.351 bits per heavy atom. The number of para-hydroxylation sites is 5. The van der Waals surface area contributed by atoms with Crippen molar-refractivity contribution in [1.29, 1.82) is 0 Å². The normalized spacial score (nSPS) is 11.9. The van der Waals surface area contributed by atoms with Crippen LogP contribution in [0.3, 0.4) is 0 Å². The van der Waals surface area contributed by atoms with Crippen LogP contribution in [0.4, 0.5) is 0 Å². The third-order valence-electron chi connectivity index (χ3n) is 11.1. The predicted molar refractivity (Wildman–Crippen MR) is 230 cm³/mol. The summed E-state index contributed by atoms with van der Waals surface area (Å²) in [5.74, 6) is 1.62. The zero-order valence-electron chi connectivity index (χ0n) is 30.4. The molecule has 0 aliphatic carbocycles. The summed E-state index contributed by atoms with van der Waals surface area (Å²) in [7, 11) is 0. The molecule has 0 bridgehead atoms. The average molecular weight is 731 g/mol. The number of furan rings is 2. The summed E-state index contributed by atoms with van der Waals surface area (Å²) in [4.78, 5) is 15.3. The molecule has 12 aromatic rings. The van der Waals surface area contributed by atoms with Gasteiger partial charge in [0.25, 0.3) is 0 Å². The van der Waals surface area contributed by atoms with Crippen molar-refractivity contribution < 1.29 is 8.83 Å². The van der Waals surface area contributed by atoms with Gasteiger partial charge in [-0.25, -0.2) is 15.0 Å². The van der Waals surface area contributed by atoms with Crippen LogP contribution in [-0.2, 0) is 0 Å². The lowest BCUT2D eigenvalue weighted by Crippen LogP contribution is -2.00.